The first-order chi connectivity index (χ1) is 2.41. The molecule has 0 aromatic rings. The topological polar surface area (TPSA) is 36.5 Å². The summed E-state index contributed by atoms with van der Waals surface area (Å²) in [6.07, 6.45) is 5.34. The number of rotatable bonds is 1. The number of quaternary nitrogens is 1. The van der Waals surface area contributed by atoms with Crippen molar-refractivity contribution in [3.05, 3.63) is 12.2 Å². The fraction of sp³-hybridized carbons (Fsp3) is 0.600. The van der Waals surface area contributed by atoms with Crippen molar-refractivity contribution in [3.8, 4) is 0 Å². The van der Waals surface area contributed by atoms with Gasteiger partial charge in [-0.2, -0.15) is 0 Å². The van der Waals surface area contributed by atoms with Gasteiger partial charge in [0.2, 0.25) is 0 Å². The van der Waals surface area contributed by atoms with Gasteiger partial charge < -0.3 is 18.6 Å². The van der Waals surface area contributed by atoms with Crippen LogP contribution in [0.2, 0.25) is 0 Å². The first-order valence-electron chi connectivity index (χ1n) is 2.03. The molecule has 0 aliphatic heterocycles. The van der Waals surface area contributed by atoms with Crippen LogP contribution in [-0.2, 0) is 0 Å². The van der Waals surface area contributed by atoms with Gasteiger partial charge in [0.15, 0.2) is 0 Å². The summed E-state index contributed by atoms with van der Waals surface area (Å²) in [5.74, 6) is 0. The van der Waals surface area contributed by atoms with Crippen molar-refractivity contribution in [2.45, 2.75) is 20.3 Å². The Morgan fingerprint density at radius 3 is 1.86 bits per heavy atom. The van der Waals surface area contributed by atoms with Crippen LogP contribution in [0.25, 0.3) is 0 Å². The van der Waals surface area contributed by atoms with Gasteiger partial charge >= 0.3 is 0 Å². The van der Waals surface area contributed by atoms with Crippen molar-refractivity contribution in [2.24, 2.45) is 0 Å². The molecule has 0 spiro atoms. The fourth-order valence-electron chi connectivity index (χ4n) is 0.236. The average Bonchev–Trinajstić information content (AvgIpc) is 1.41. The molecule has 0 aromatic heterocycles. The highest BCUT2D eigenvalue weighted by molar-refractivity contribution is 4.73. The van der Waals surface area contributed by atoms with Crippen LogP contribution >= 0.6 is 0 Å². The quantitative estimate of drug-likeness (QED) is 0.450. The van der Waals surface area contributed by atoms with Crippen molar-refractivity contribution >= 4 is 0 Å². The minimum Gasteiger partial charge on any atom is -1.00 e. The summed E-state index contributed by atoms with van der Waals surface area (Å²) in [6, 6.07) is 0. The van der Waals surface area contributed by atoms with Crippen molar-refractivity contribution in [1.82, 2.24) is 6.15 Å². The maximum absolute atomic E-state index is 2.12. The van der Waals surface area contributed by atoms with Gasteiger partial charge in [-0.15, -0.1) is 0 Å². The Kier molecular flexibility index (Phi) is 37.5. The first-order valence-corrected chi connectivity index (χ1v) is 2.03. The van der Waals surface area contributed by atoms with Crippen molar-refractivity contribution in [2.75, 3.05) is 0 Å². The zero-order valence-electron chi connectivity index (χ0n) is 5.24. The molecule has 0 aromatic carbocycles. The minimum atomic E-state index is 0. The summed E-state index contributed by atoms with van der Waals surface area (Å²) in [5, 5.41) is 0. The molecule has 0 rings (SSSR count). The van der Waals surface area contributed by atoms with Crippen molar-refractivity contribution < 1.29 is 12.4 Å². The zero-order chi connectivity index (χ0) is 4.12. The summed E-state index contributed by atoms with van der Waals surface area (Å²) in [5.41, 5.74) is 0. The lowest BCUT2D eigenvalue weighted by Gasteiger charge is -1.65. The Hall–Kier alpha value is -0.0100. The third-order valence-corrected chi connectivity index (χ3v) is 0.471. The van der Waals surface area contributed by atoms with Crippen LogP contribution in [-0.4, -0.2) is 0 Å². The molecule has 0 saturated carbocycles. The van der Waals surface area contributed by atoms with E-state index in [9.17, 15) is 0 Å². The van der Waals surface area contributed by atoms with E-state index in [1.807, 2.05) is 6.92 Å². The molecule has 0 unspecified atom stereocenters. The lowest BCUT2D eigenvalue weighted by molar-refractivity contribution is -0.00000167. The second-order valence-electron chi connectivity index (χ2n) is 0.977. The monoisotopic (exact) mass is 123 g/mol. The van der Waals surface area contributed by atoms with Crippen LogP contribution in [0.1, 0.15) is 20.3 Å². The molecular formula is C5H14ClN. The predicted molar refractivity (Wildman–Crippen MR) is 31.1 cm³/mol. The summed E-state index contributed by atoms with van der Waals surface area (Å²) >= 11 is 0. The first kappa shape index (κ1) is 15.8. The Labute approximate surface area is 51.8 Å². The van der Waals surface area contributed by atoms with Gasteiger partial charge in [-0.3, -0.25) is 0 Å². The van der Waals surface area contributed by atoms with Gasteiger partial charge in [0.05, 0.1) is 0 Å². The molecule has 0 aliphatic carbocycles. The van der Waals surface area contributed by atoms with Crippen LogP contribution in [0, 0.1) is 0 Å². The maximum Gasteiger partial charge on any atom is -0.0379 e. The summed E-state index contributed by atoms with van der Waals surface area (Å²) in [6.45, 7) is 4.16. The number of halogens is 1. The van der Waals surface area contributed by atoms with E-state index in [2.05, 4.69) is 19.1 Å². The molecular weight excluding hydrogens is 110 g/mol. The van der Waals surface area contributed by atoms with Gasteiger partial charge in [-0.1, -0.05) is 19.1 Å². The highest BCUT2D eigenvalue weighted by atomic mass is 35.5. The van der Waals surface area contributed by atoms with E-state index in [1.54, 1.807) is 0 Å². The Balaban J connectivity index is -0.0000000800. The largest absolute Gasteiger partial charge is 1.00 e. The summed E-state index contributed by atoms with van der Waals surface area (Å²) in [7, 11) is 0. The SMILES string of the molecule is CC=CCC.[Cl-].[NH4+]. The molecule has 2 heteroatoms. The van der Waals surface area contributed by atoms with Crippen LogP contribution in [0.3, 0.4) is 0 Å². The standard InChI is InChI=1S/C5H10.ClH.H3N/c1-3-5-4-2;;/h3,5H,4H2,1-2H3;1H;1H3. The third-order valence-electron chi connectivity index (χ3n) is 0.471. The maximum atomic E-state index is 2.12. The molecule has 0 amide bonds. The van der Waals surface area contributed by atoms with E-state index in [0.717, 1.165) is 6.42 Å². The lowest BCUT2D eigenvalue weighted by Crippen LogP contribution is -3.00. The molecule has 0 radical (unpaired) electrons. The van der Waals surface area contributed by atoms with E-state index < -0.39 is 0 Å². The fourth-order valence-corrected chi connectivity index (χ4v) is 0.236. The van der Waals surface area contributed by atoms with Gasteiger partial charge in [0.25, 0.3) is 0 Å². The number of allylic oxidation sites excluding steroid dienone is 2. The van der Waals surface area contributed by atoms with Gasteiger partial charge in [-0.05, 0) is 13.3 Å². The smallest absolute Gasteiger partial charge is 0.0379 e. The second kappa shape index (κ2) is 16.7. The van der Waals surface area contributed by atoms with Crippen LogP contribution in [0.15, 0.2) is 12.2 Å². The Bertz CT molecular complexity index is 35.1. The Morgan fingerprint density at radius 1 is 1.43 bits per heavy atom. The van der Waals surface area contributed by atoms with Crippen molar-refractivity contribution in [3.63, 3.8) is 0 Å². The normalized spacial score (nSPS) is 7.14. The highest BCUT2D eigenvalue weighted by Crippen LogP contribution is 1.73. The molecule has 1 nitrogen and oxygen atoms in total. The second-order valence-corrected chi connectivity index (χ2v) is 0.977. The van der Waals surface area contributed by atoms with E-state index in [1.165, 1.54) is 0 Å². The summed E-state index contributed by atoms with van der Waals surface area (Å²) in [4.78, 5) is 0. The van der Waals surface area contributed by atoms with E-state index >= 15 is 0 Å². The average molecular weight is 124 g/mol. The van der Waals surface area contributed by atoms with Gasteiger partial charge in [-0.25, -0.2) is 0 Å². The van der Waals surface area contributed by atoms with E-state index in [4.69, 9.17) is 0 Å². The van der Waals surface area contributed by atoms with Gasteiger partial charge in [0, 0.05) is 0 Å². The molecule has 46 valence electrons. The van der Waals surface area contributed by atoms with E-state index in [-0.39, 0.29) is 18.6 Å². The molecule has 0 saturated heterocycles. The lowest BCUT2D eigenvalue weighted by atomic mass is 10.4. The molecule has 0 aliphatic rings. The molecule has 0 heterocycles. The number of hydrogen-bond donors (Lipinski definition) is 1. The number of hydrogen-bond acceptors (Lipinski definition) is 0. The molecule has 0 bridgehead atoms. The Morgan fingerprint density at radius 2 is 1.86 bits per heavy atom. The van der Waals surface area contributed by atoms with Crippen LogP contribution < -0.4 is 18.6 Å². The van der Waals surface area contributed by atoms with Crippen LogP contribution in [0.5, 0.6) is 0 Å². The van der Waals surface area contributed by atoms with E-state index in [0.29, 0.717) is 0 Å². The zero-order valence-corrected chi connectivity index (χ0v) is 6.00. The molecule has 7 heavy (non-hydrogen) atoms. The van der Waals surface area contributed by atoms with Crippen molar-refractivity contribution in [1.29, 1.82) is 0 Å². The van der Waals surface area contributed by atoms with Gasteiger partial charge in [0.1, 0.15) is 0 Å². The molecule has 4 N–H and O–H groups in total. The highest BCUT2D eigenvalue weighted by Gasteiger charge is 1.52. The predicted octanol–water partition coefficient (Wildman–Crippen LogP) is -0.647. The molecule has 0 fully saturated rings. The summed E-state index contributed by atoms with van der Waals surface area (Å²) < 4.78 is 0. The minimum absolute atomic E-state index is 0. The molecule has 0 atom stereocenters. The van der Waals surface area contributed by atoms with Crippen LogP contribution in [0.4, 0.5) is 0 Å². The third kappa shape index (κ3) is 24.1.